The van der Waals surface area contributed by atoms with Gasteiger partial charge in [-0.1, -0.05) is 11.3 Å². The van der Waals surface area contributed by atoms with Crippen molar-refractivity contribution in [2.45, 2.75) is 31.0 Å². The van der Waals surface area contributed by atoms with E-state index >= 15 is 0 Å². The van der Waals surface area contributed by atoms with E-state index in [0.717, 1.165) is 6.20 Å². The Morgan fingerprint density at radius 1 is 1.33 bits per heavy atom. The smallest absolute Gasteiger partial charge is 0.269 e. The van der Waals surface area contributed by atoms with Crippen LogP contribution in [0.25, 0.3) is 0 Å². The van der Waals surface area contributed by atoms with Crippen LogP contribution in [0.2, 0.25) is 0 Å². The third kappa shape index (κ3) is 3.50. The Labute approximate surface area is 121 Å². The molecule has 0 saturated carbocycles. The van der Waals surface area contributed by atoms with Gasteiger partial charge in [0.25, 0.3) is 10.0 Å². The van der Waals surface area contributed by atoms with Gasteiger partial charge in [-0.25, -0.2) is 8.42 Å². The van der Waals surface area contributed by atoms with E-state index < -0.39 is 26.3 Å². The minimum absolute atomic E-state index is 0.0488. The topological polar surface area (TPSA) is 89.8 Å². The maximum Gasteiger partial charge on any atom is 0.445 e. The fourth-order valence-electron chi connectivity index (χ4n) is 1.29. The molecule has 0 aromatic carbocycles. The molecule has 1 N–H and O–H groups in total. The average Bonchev–Trinajstić information content (AvgIpc) is 2.94. The normalized spacial score (nSPS) is 12.9. The Hall–Kier alpha value is -1.69. The Morgan fingerprint density at radius 3 is 2.48 bits per heavy atom. The lowest BCUT2D eigenvalue weighted by molar-refractivity contribution is -0.138. The number of rotatable bonds is 4. The van der Waals surface area contributed by atoms with Gasteiger partial charge < -0.3 is 0 Å². The number of halogens is 3. The Balaban J connectivity index is 2.23. The Morgan fingerprint density at radius 2 is 2.00 bits per heavy atom. The van der Waals surface area contributed by atoms with Crippen molar-refractivity contribution in [2.24, 2.45) is 0 Å². The average molecular weight is 341 g/mol. The van der Waals surface area contributed by atoms with Crippen molar-refractivity contribution in [3.63, 3.8) is 0 Å². The van der Waals surface area contributed by atoms with Crippen LogP contribution in [0, 0.1) is 0 Å². The van der Waals surface area contributed by atoms with E-state index in [1.54, 1.807) is 13.8 Å². The minimum Gasteiger partial charge on any atom is -0.269 e. The molecule has 0 unspecified atom stereocenters. The maximum absolute atomic E-state index is 12.4. The number of anilines is 1. The molecule has 0 aliphatic rings. The van der Waals surface area contributed by atoms with E-state index in [1.165, 1.54) is 10.9 Å². The zero-order valence-electron chi connectivity index (χ0n) is 10.8. The van der Waals surface area contributed by atoms with Crippen LogP contribution in [0.1, 0.15) is 24.9 Å². The van der Waals surface area contributed by atoms with Crippen LogP contribution in [0.4, 0.5) is 18.3 Å². The molecular formula is C9H10F3N5O2S2. The molecule has 2 aromatic rings. The largest absolute Gasteiger partial charge is 0.445 e. The molecule has 7 nitrogen and oxygen atoms in total. The highest BCUT2D eigenvalue weighted by atomic mass is 32.2. The van der Waals surface area contributed by atoms with Gasteiger partial charge in [0.2, 0.25) is 10.1 Å². The summed E-state index contributed by atoms with van der Waals surface area (Å²) < 4.78 is 64.4. The van der Waals surface area contributed by atoms with Crippen LogP contribution in [0.15, 0.2) is 17.3 Å². The van der Waals surface area contributed by atoms with Crippen LogP contribution in [-0.2, 0) is 16.2 Å². The summed E-state index contributed by atoms with van der Waals surface area (Å²) in [5.41, 5.74) is 0. The quantitative estimate of drug-likeness (QED) is 0.920. The van der Waals surface area contributed by atoms with Gasteiger partial charge >= 0.3 is 6.18 Å². The summed E-state index contributed by atoms with van der Waals surface area (Å²) in [4.78, 5) is -0.167. The van der Waals surface area contributed by atoms with Gasteiger partial charge in [-0.2, -0.15) is 18.3 Å². The summed E-state index contributed by atoms with van der Waals surface area (Å²) in [6.07, 6.45) is -2.28. The first-order valence-electron chi connectivity index (χ1n) is 5.57. The van der Waals surface area contributed by atoms with Gasteiger partial charge in [0.15, 0.2) is 0 Å². The molecule has 0 atom stereocenters. The number of hydrogen-bond donors (Lipinski definition) is 1. The first-order valence-corrected chi connectivity index (χ1v) is 7.87. The van der Waals surface area contributed by atoms with Crippen LogP contribution in [-0.4, -0.2) is 28.4 Å². The van der Waals surface area contributed by atoms with Crippen LogP contribution < -0.4 is 4.72 Å². The lowest BCUT2D eigenvalue weighted by Gasteiger charge is -2.04. The summed E-state index contributed by atoms with van der Waals surface area (Å²) in [5.74, 6) is 0. The Kier molecular flexibility index (Phi) is 3.93. The van der Waals surface area contributed by atoms with Crippen LogP contribution >= 0.6 is 11.3 Å². The molecular weight excluding hydrogens is 331 g/mol. The molecule has 2 heterocycles. The second-order valence-corrected chi connectivity index (χ2v) is 6.93. The molecule has 0 saturated heterocycles. The molecule has 0 aliphatic carbocycles. The minimum atomic E-state index is -4.66. The van der Waals surface area contributed by atoms with Crippen molar-refractivity contribution in [3.05, 3.63) is 17.4 Å². The van der Waals surface area contributed by atoms with E-state index in [0.29, 0.717) is 0 Å². The SMILES string of the molecule is CC(C)n1cc(S(=O)(=O)Nc2nnc(C(F)(F)F)s2)cn1. The number of nitrogens with one attached hydrogen (secondary N) is 1. The van der Waals surface area contributed by atoms with E-state index in [1.807, 2.05) is 4.72 Å². The maximum atomic E-state index is 12.4. The summed E-state index contributed by atoms with van der Waals surface area (Å²) in [6.45, 7) is 3.61. The van der Waals surface area contributed by atoms with Gasteiger partial charge in [0, 0.05) is 12.2 Å². The van der Waals surface area contributed by atoms with Crippen LogP contribution in [0.3, 0.4) is 0 Å². The third-order valence-electron chi connectivity index (χ3n) is 2.31. The van der Waals surface area contributed by atoms with Gasteiger partial charge in [-0.15, -0.1) is 10.2 Å². The number of hydrogen-bond acceptors (Lipinski definition) is 6. The monoisotopic (exact) mass is 341 g/mol. The van der Waals surface area contributed by atoms with E-state index in [9.17, 15) is 21.6 Å². The summed E-state index contributed by atoms with van der Waals surface area (Å²) in [7, 11) is -4.05. The molecule has 0 fully saturated rings. The first-order chi connectivity index (χ1) is 9.59. The van der Waals surface area contributed by atoms with Gasteiger partial charge in [-0.3, -0.25) is 9.40 Å². The number of alkyl halides is 3. The number of sulfonamides is 1. The second-order valence-electron chi connectivity index (χ2n) is 4.27. The lowest BCUT2D eigenvalue weighted by atomic mass is 10.4. The molecule has 0 spiro atoms. The molecule has 12 heteroatoms. The Bertz CT molecular complexity index is 735. The highest BCUT2D eigenvalue weighted by molar-refractivity contribution is 7.93. The van der Waals surface area contributed by atoms with Crippen molar-refractivity contribution in [1.82, 2.24) is 20.0 Å². The van der Waals surface area contributed by atoms with Gasteiger partial charge in [0.1, 0.15) is 4.90 Å². The molecule has 0 radical (unpaired) electrons. The number of aromatic nitrogens is 4. The van der Waals surface area contributed by atoms with E-state index in [-0.39, 0.29) is 22.3 Å². The predicted molar refractivity (Wildman–Crippen MR) is 68.3 cm³/mol. The molecule has 2 aromatic heterocycles. The van der Waals surface area contributed by atoms with E-state index in [2.05, 4.69) is 15.3 Å². The summed E-state index contributed by atoms with van der Waals surface area (Å²) in [6, 6.07) is -0.0488. The summed E-state index contributed by atoms with van der Waals surface area (Å²) >= 11 is 0.110. The van der Waals surface area contributed by atoms with Crippen molar-refractivity contribution in [1.29, 1.82) is 0 Å². The molecule has 21 heavy (non-hydrogen) atoms. The van der Waals surface area contributed by atoms with Gasteiger partial charge in [0.05, 0.1) is 6.20 Å². The highest BCUT2D eigenvalue weighted by Gasteiger charge is 2.36. The van der Waals surface area contributed by atoms with Crippen molar-refractivity contribution in [2.75, 3.05) is 4.72 Å². The second kappa shape index (κ2) is 5.26. The van der Waals surface area contributed by atoms with E-state index in [4.69, 9.17) is 0 Å². The zero-order chi connectivity index (χ0) is 15.8. The predicted octanol–water partition coefficient (Wildman–Crippen LogP) is 2.14. The van der Waals surface area contributed by atoms with Crippen molar-refractivity contribution >= 4 is 26.5 Å². The zero-order valence-corrected chi connectivity index (χ0v) is 12.4. The molecule has 0 amide bonds. The molecule has 2 rings (SSSR count). The lowest BCUT2D eigenvalue weighted by Crippen LogP contribution is -2.12. The fraction of sp³-hybridized carbons (Fsp3) is 0.444. The third-order valence-corrected chi connectivity index (χ3v) is 4.61. The first kappa shape index (κ1) is 15.7. The van der Waals surface area contributed by atoms with Crippen LogP contribution in [0.5, 0.6) is 0 Å². The molecule has 116 valence electrons. The fourth-order valence-corrected chi connectivity index (χ4v) is 3.07. The molecule has 0 bridgehead atoms. The number of nitrogens with zero attached hydrogens (tertiary/aromatic N) is 4. The van der Waals surface area contributed by atoms with Crippen molar-refractivity contribution in [3.8, 4) is 0 Å². The van der Waals surface area contributed by atoms with Gasteiger partial charge in [-0.05, 0) is 13.8 Å². The standard InChI is InChI=1S/C9H10F3N5O2S2/c1-5(2)17-4-6(3-13-17)21(18,19)16-8-15-14-7(20-8)9(10,11)12/h3-5H,1-2H3,(H,15,16). The summed E-state index contributed by atoms with van der Waals surface area (Å²) in [5, 5.41) is 8.23. The van der Waals surface area contributed by atoms with Crippen molar-refractivity contribution < 1.29 is 21.6 Å². The molecule has 0 aliphatic heterocycles. The highest BCUT2D eigenvalue weighted by Crippen LogP contribution is 2.33.